The number of ether oxygens (including phenoxy) is 1. The number of aliphatic hydroxyl groups is 1. The van der Waals surface area contributed by atoms with Gasteiger partial charge in [0.05, 0.1) is 19.6 Å². The molecule has 1 amide bonds. The van der Waals surface area contributed by atoms with Crippen LogP contribution in [0.4, 0.5) is 0 Å². The number of aliphatic hydroxyl groups excluding tert-OH is 1. The second-order valence-corrected chi connectivity index (χ2v) is 5.43. The van der Waals surface area contributed by atoms with E-state index in [1.807, 2.05) is 0 Å². The van der Waals surface area contributed by atoms with Crippen molar-refractivity contribution in [1.82, 2.24) is 5.32 Å². The lowest BCUT2D eigenvalue weighted by Gasteiger charge is -2.12. The molecule has 1 aliphatic rings. The normalized spacial score (nSPS) is 15.9. The predicted molar refractivity (Wildman–Crippen MR) is 73.3 cm³/mol. The Hall–Kier alpha value is -1.26. The highest BCUT2D eigenvalue weighted by molar-refractivity contribution is 6.30. The minimum Gasteiger partial charge on any atom is -0.493 e. The van der Waals surface area contributed by atoms with Gasteiger partial charge in [0.1, 0.15) is 5.75 Å². The maximum Gasteiger partial charge on any atom is 0.223 e. The number of rotatable bonds is 7. The predicted octanol–water partition coefficient (Wildman–Crippen LogP) is 2.00. The Kier molecular flexibility index (Phi) is 4.66. The first-order valence-corrected chi connectivity index (χ1v) is 6.77. The molecule has 4 nitrogen and oxygen atoms in total. The maximum atomic E-state index is 11.6. The fraction of sp³-hybridized carbons (Fsp3) is 0.500. The van der Waals surface area contributed by atoms with Crippen molar-refractivity contribution in [2.24, 2.45) is 5.41 Å². The molecule has 0 aromatic heterocycles. The summed E-state index contributed by atoms with van der Waals surface area (Å²) in [4.78, 5) is 11.6. The second-order valence-electron chi connectivity index (χ2n) is 4.99. The van der Waals surface area contributed by atoms with Gasteiger partial charge in [-0.15, -0.1) is 0 Å². The van der Waals surface area contributed by atoms with Gasteiger partial charge in [-0.2, -0.15) is 0 Å². The van der Waals surface area contributed by atoms with E-state index in [0.717, 1.165) is 12.8 Å². The Morgan fingerprint density at radius 1 is 1.47 bits per heavy atom. The fourth-order valence-electron chi connectivity index (χ4n) is 1.76. The summed E-state index contributed by atoms with van der Waals surface area (Å²) in [6.07, 6.45) is 2.28. The van der Waals surface area contributed by atoms with E-state index in [4.69, 9.17) is 21.4 Å². The van der Waals surface area contributed by atoms with E-state index >= 15 is 0 Å². The summed E-state index contributed by atoms with van der Waals surface area (Å²) in [7, 11) is 0. The van der Waals surface area contributed by atoms with Crippen molar-refractivity contribution in [3.63, 3.8) is 0 Å². The third-order valence-corrected chi connectivity index (χ3v) is 3.58. The molecule has 0 heterocycles. The van der Waals surface area contributed by atoms with Crippen molar-refractivity contribution in [3.05, 3.63) is 29.3 Å². The summed E-state index contributed by atoms with van der Waals surface area (Å²) in [6.45, 7) is 1.02. The molecule has 19 heavy (non-hydrogen) atoms. The van der Waals surface area contributed by atoms with Gasteiger partial charge in [0.2, 0.25) is 5.91 Å². The molecule has 0 unspecified atom stereocenters. The van der Waals surface area contributed by atoms with E-state index in [-0.39, 0.29) is 17.9 Å². The molecular weight excluding hydrogens is 266 g/mol. The van der Waals surface area contributed by atoms with Crippen molar-refractivity contribution < 1.29 is 14.6 Å². The van der Waals surface area contributed by atoms with Gasteiger partial charge in [0, 0.05) is 17.0 Å². The third-order valence-electron chi connectivity index (χ3n) is 3.35. The van der Waals surface area contributed by atoms with Crippen LogP contribution in [0, 0.1) is 5.41 Å². The Labute approximate surface area is 117 Å². The van der Waals surface area contributed by atoms with Gasteiger partial charge in [-0.05, 0) is 31.0 Å². The average Bonchev–Trinajstić information content (AvgIpc) is 3.17. The smallest absolute Gasteiger partial charge is 0.223 e. The molecule has 2 N–H and O–H groups in total. The van der Waals surface area contributed by atoms with E-state index in [9.17, 15) is 4.79 Å². The molecule has 0 atom stereocenters. The number of carbonyl (C=O) groups excluding carboxylic acids is 1. The molecule has 5 heteroatoms. The van der Waals surface area contributed by atoms with Gasteiger partial charge in [0.15, 0.2) is 0 Å². The molecule has 1 aromatic rings. The lowest BCUT2D eigenvalue weighted by atomic mass is 10.1. The van der Waals surface area contributed by atoms with E-state index in [0.29, 0.717) is 30.3 Å². The van der Waals surface area contributed by atoms with Crippen LogP contribution in [0.3, 0.4) is 0 Å². The quantitative estimate of drug-likeness (QED) is 0.805. The van der Waals surface area contributed by atoms with E-state index in [1.165, 1.54) is 0 Å². The topological polar surface area (TPSA) is 58.6 Å². The zero-order valence-corrected chi connectivity index (χ0v) is 11.4. The Morgan fingerprint density at radius 2 is 2.26 bits per heavy atom. The SMILES string of the molecule is O=C(CCOc1cccc(Cl)c1)NCC1(CO)CC1. The number of nitrogens with one attached hydrogen (secondary N) is 1. The van der Waals surface area contributed by atoms with Crippen LogP contribution in [-0.4, -0.2) is 30.8 Å². The minimum atomic E-state index is -0.0539. The fourth-order valence-corrected chi connectivity index (χ4v) is 1.94. The van der Waals surface area contributed by atoms with Crippen LogP contribution in [0.5, 0.6) is 5.75 Å². The van der Waals surface area contributed by atoms with Crippen LogP contribution in [-0.2, 0) is 4.79 Å². The number of amides is 1. The molecule has 0 bridgehead atoms. The molecule has 2 rings (SSSR count). The summed E-state index contributed by atoms with van der Waals surface area (Å²) >= 11 is 5.83. The maximum absolute atomic E-state index is 11.6. The molecule has 1 aromatic carbocycles. The van der Waals surface area contributed by atoms with E-state index in [2.05, 4.69) is 5.32 Å². The summed E-state index contributed by atoms with van der Waals surface area (Å²) in [5, 5.41) is 12.6. The van der Waals surface area contributed by atoms with E-state index in [1.54, 1.807) is 24.3 Å². The van der Waals surface area contributed by atoms with Crippen LogP contribution in [0.25, 0.3) is 0 Å². The molecule has 0 saturated heterocycles. The summed E-state index contributed by atoms with van der Waals surface area (Å²) in [6, 6.07) is 7.08. The van der Waals surface area contributed by atoms with Crippen molar-refractivity contribution >= 4 is 17.5 Å². The monoisotopic (exact) mass is 283 g/mol. The zero-order valence-electron chi connectivity index (χ0n) is 10.7. The molecule has 0 aliphatic heterocycles. The van der Waals surface area contributed by atoms with Crippen molar-refractivity contribution in [2.75, 3.05) is 19.8 Å². The van der Waals surface area contributed by atoms with Crippen molar-refractivity contribution in [3.8, 4) is 5.75 Å². The number of benzene rings is 1. The van der Waals surface area contributed by atoms with Gasteiger partial charge in [0.25, 0.3) is 0 Å². The molecule has 0 radical (unpaired) electrons. The largest absolute Gasteiger partial charge is 0.493 e. The first kappa shape index (κ1) is 14.2. The van der Waals surface area contributed by atoms with Crippen LogP contribution >= 0.6 is 11.6 Å². The highest BCUT2D eigenvalue weighted by Gasteiger charge is 2.41. The molecule has 1 fully saturated rings. The van der Waals surface area contributed by atoms with Crippen molar-refractivity contribution in [1.29, 1.82) is 0 Å². The van der Waals surface area contributed by atoms with Gasteiger partial charge in [-0.25, -0.2) is 0 Å². The number of halogens is 1. The van der Waals surface area contributed by atoms with Gasteiger partial charge in [-0.1, -0.05) is 17.7 Å². The highest BCUT2D eigenvalue weighted by atomic mass is 35.5. The van der Waals surface area contributed by atoms with Crippen LogP contribution in [0.15, 0.2) is 24.3 Å². The molecule has 0 spiro atoms. The standard InChI is InChI=1S/C14H18ClNO3/c15-11-2-1-3-12(8-11)19-7-4-13(18)16-9-14(10-17)5-6-14/h1-3,8,17H,4-7,9-10H2,(H,16,18). The van der Waals surface area contributed by atoms with Crippen LogP contribution in [0.1, 0.15) is 19.3 Å². The van der Waals surface area contributed by atoms with Crippen LogP contribution in [0.2, 0.25) is 5.02 Å². The average molecular weight is 284 g/mol. The van der Waals surface area contributed by atoms with Crippen molar-refractivity contribution in [2.45, 2.75) is 19.3 Å². The lowest BCUT2D eigenvalue weighted by Crippen LogP contribution is -2.32. The van der Waals surface area contributed by atoms with Crippen LogP contribution < -0.4 is 10.1 Å². The highest BCUT2D eigenvalue weighted by Crippen LogP contribution is 2.44. The summed E-state index contributed by atoms with van der Waals surface area (Å²) in [5.74, 6) is 0.607. The summed E-state index contributed by atoms with van der Waals surface area (Å²) < 4.78 is 5.44. The summed E-state index contributed by atoms with van der Waals surface area (Å²) in [5.41, 5.74) is -0.0521. The Balaban J connectivity index is 1.64. The Bertz CT molecular complexity index is 446. The lowest BCUT2D eigenvalue weighted by molar-refractivity contribution is -0.121. The van der Waals surface area contributed by atoms with Gasteiger partial charge in [-0.3, -0.25) is 4.79 Å². The first-order chi connectivity index (χ1) is 9.13. The third kappa shape index (κ3) is 4.40. The zero-order chi connectivity index (χ0) is 13.7. The molecular formula is C14H18ClNO3. The van der Waals surface area contributed by atoms with Gasteiger partial charge < -0.3 is 15.2 Å². The Morgan fingerprint density at radius 3 is 2.89 bits per heavy atom. The number of carbonyl (C=O) groups is 1. The second kappa shape index (κ2) is 6.26. The number of hydrogen-bond donors (Lipinski definition) is 2. The van der Waals surface area contributed by atoms with Gasteiger partial charge >= 0.3 is 0 Å². The first-order valence-electron chi connectivity index (χ1n) is 6.39. The molecule has 1 saturated carbocycles. The van der Waals surface area contributed by atoms with E-state index < -0.39 is 0 Å². The molecule has 1 aliphatic carbocycles. The molecule has 104 valence electrons. The minimum absolute atomic E-state index is 0.0521. The number of hydrogen-bond acceptors (Lipinski definition) is 3.